The van der Waals surface area contributed by atoms with Gasteiger partial charge in [-0.2, -0.15) is 0 Å². The first-order valence-electron chi connectivity index (χ1n) is 6.17. The summed E-state index contributed by atoms with van der Waals surface area (Å²) in [5.74, 6) is 1.11. The molecule has 1 aromatic rings. The summed E-state index contributed by atoms with van der Waals surface area (Å²) in [5.41, 5.74) is 0. The Labute approximate surface area is 107 Å². The molecular weight excluding hydrogens is 236 g/mol. The molecule has 92 valence electrons. The predicted octanol–water partition coefficient (Wildman–Crippen LogP) is 3.87. The van der Waals surface area contributed by atoms with Gasteiger partial charge in [0.2, 0.25) is 0 Å². The van der Waals surface area contributed by atoms with Crippen molar-refractivity contribution in [2.24, 2.45) is 5.92 Å². The van der Waals surface area contributed by atoms with E-state index in [-0.39, 0.29) is 18.3 Å². The molecular formula is C14H17ClO2. The van der Waals surface area contributed by atoms with E-state index < -0.39 is 0 Å². The summed E-state index contributed by atoms with van der Waals surface area (Å²) >= 11 is 5.84. The van der Waals surface area contributed by atoms with E-state index in [0.29, 0.717) is 10.8 Å². The van der Waals surface area contributed by atoms with Crippen LogP contribution in [0.15, 0.2) is 24.3 Å². The molecule has 0 unspecified atom stereocenters. The van der Waals surface area contributed by atoms with Crippen molar-refractivity contribution in [3.63, 3.8) is 0 Å². The highest BCUT2D eigenvalue weighted by molar-refractivity contribution is 6.30. The fourth-order valence-corrected chi connectivity index (χ4v) is 2.43. The molecule has 0 spiro atoms. The molecule has 0 atom stereocenters. The summed E-state index contributed by atoms with van der Waals surface area (Å²) in [6, 6.07) is 7.16. The second kappa shape index (κ2) is 6.06. The molecule has 0 amide bonds. The summed E-state index contributed by atoms with van der Waals surface area (Å²) in [6.45, 7) is 0.172. The molecule has 0 saturated heterocycles. The summed E-state index contributed by atoms with van der Waals surface area (Å²) in [5, 5.41) is 0.632. The maximum absolute atomic E-state index is 11.9. The average Bonchev–Trinajstić information content (AvgIpc) is 2.37. The van der Waals surface area contributed by atoms with E-state index in [4.69, 9.17) is 16.3 Å². The van der Waals surface area contributed by atoms with Crippen LogP contribution in [0.2, 0.25) is 5.02 Å². The van der Waals surface area contributed by atoms with Gasteiger partial charge in [-0.3, -0.25) is 4.79 Å². The minimum absolute atomic E-state index is 0.172. The second-order valence-corrected chi connectivity index (χ2v) is 4.98. The number of carbonyl (C=O) groups is 1. The molecule has 0 aromatic heterocycles. The first-order valence-corrected chi connectivity index (χ1v) is 6.54. The normalized spacial score (nSPS) is 16.8. The molecule has 1 saturated carbocycles. The minimum Gasteiger partial charge on any atom is -0.486 e. The number of ether oxygens (including phenoxy) is 1. The number of halogens is 1. The van der Waals surface area contributed by atoms with Gasteiger partial charge >= 0.3 is 0 Å². The van der Waals surface area contributed by atoms with E-state index in [1.807, 2.05) is 12.1 Å². The van der Waals surface area contributed by atoms with Crippen molar-refractivity contribution in [3.05, 3.63) is 29.3 Å². The summed E-state index contributed by atoms with van der Waals surface area (Å²) in [6.07, 6.45) is 5.66. The topological polar surface area (TPSA) is 26.3 Å². The van der Waals surface area contributed by atoms with Crippen molar-refractivity contribution in [2.45, 2.75) is 32.1 Å². The van der Waals surface area contributed by atoms with Gasteiger partial charge in [-0.15, -0.1) is 0 Å². The highest BCUT2D eigenvalue weighted by Crippen LogP contribution is 2.25. The zero-order chi connectivity index (χ0) is 12.1. The van der Waals surface area contributed by atoms with Crippen molar-refractivity contribution in [2.75, 3.05) is 6.61 Å². The molecule has 1 aliphatic carbocycles. The number of carbonyl (C=O) groups excluding carboxylic acids is 1. The van der Waals surface area contributed by atoms with Gasteiger partial charge < -0.3 is 4.74 Å². The van der Waals surface area contributed by atoms with Crippen molar-refractivity contribution >= 4 is 17.4 Å². The fraction of sp³-hybridized carbons (Fsp3) is 0.500. The zero-order valence-corrected chi connectivity index (χ0v) is 10.6. The molecule has 1 aromatic carbocycles. The van der Waals surface area contributed by atoms with Gasteiger partial charge in [0.25, 0.3) is 0 Å². The molecule has 2 nitrogen and oxygen atoms in total. The highest BCUT2D eigenvalue weighted by atomic mass is 35.5. The first-order chi connectivity index (χ1) is 8.25. The van der Waals surface area contributed by atoms with Crippen molar-refractivity contribution in [1.29, 1.82) is 0 Å². The molecule has 0 N–H and O–H groups in total. The lowest BCUT2D eigenvalue weighted by Gasteiger charge is -2.20. The second-order valence-electron chi connectivity index (χ2n) is 4.55. The van der Waals surface area contributed by atoms with Crippen LogP contribution in [0.4, 0.5) is 0 Å². The quantitative estimate of drug-likeness (QED) is 0.813. The Balaban J connectivity index is 1.83. The van der Waals surface area contributed by atoms with E-state index in [1.54, 1.807) is 12.1 Å². The van der Waals surface area contributed by atoms with Crippen LogP contribution < -0.4 is 4.74 Å². The van der Waals surface area contributed by atoms with E-state index in [1.165, 1.54) is 19.3 Å². The molecule has 0 radical (unpaired) electrons. The van der Waals surface area contributed by atoms with E-state index >= 15 is 0 Å². The van der Waals surface area contributed by atoms with Crippen molar-refractivity contribution in [3.8, 4) is 5.75 Å². The maximum atomic E-state index is 11.9. The lowest BCUT2D eigenvalue weighted by Crippen LogP contribution is -2.23. The fourth-order valence-electron chi connectivity index (χ4n) is 2.25. The molecule has 0 heterocycles. The van der Waals surface area contributed by atoms with Gasteiger partial charge in [0.05, 0.1) is 0 Å². The third kappa shape index (κ3) is 3.74. The van der Waals surface area contributed by atoms with Crippen LogP contribution in [-0.4, -0.2) is 12.4 Å². The third-order valence-electron chi connectivity index (χ3n) is 3.24. The van der Waals surface area contributed by atoms with Crippen LogP contribution in [0.5, 0.6) is 5.75 Å². The Bertz CT molecular complexity index is 384. The Hall–Kier alpha value is -1.02. The number of hydrogen-bond acceptors (Lipinski definition) is 2. The van der Waals surface area contributed by atoms with Gasteiger partial charge in [-0.05, 0) is 31.0 Å². The largest absolute Gasteiger partial charge is 0.486 e. The number of Topliss-reactive ketones (excluding diaryl/α,β-unsaturated/α-hetero) is 1. The van der Waals surface area contributed by atoms with Gasteiger partial charge in [0.1, 0.15) is 12.4 Å². The maximum Gasteiger partial charge on any atom is 0.173 e. The summed E-state index contributed by atoms with van der Waals surface area (Å²) in [7, 11) is 0. The van der Waals surface area contributed by atoms with Crippen molar-refractivity contribution < 1.29 is 9.53 Å². The molecule has 0 aliphatic heterocycles. The number of rotatable bonds is 4. The Morgan fingerprint density at radius 1 is 1.29 bits per heavy atom. The number of ketones is 1. The van der Waals surface area contributed by atoms with Gasteiger partial charge in [-0.25, -0.2) is 0 Å². The number of benzene rings is 1. The monoisotopic (exact) mass is 252 g/mol. The van der Waals surface area contributed by atoms with Gasteiger partial charge in [-0.1, -0.05) is 36.9 Å². The number of hydrogen-bond donors (Lipinski definition) is 0. The Morgan fingerprint density at radius 2 is 2.06 bits per heavy atom. The van der Waals surface area contributed by atoms with Crippen LogP contribution in [0.25, 0.3) is 0 Å². The molecule has 0 bridgehead atoms. The summed E-state index contributed by atoms with van der Waals surface area (Å²) in [4.78, 5) is 11.9. The van der Waals surface area contributed by atoms with Crippen molar-refractivity contribution in [1.82, 2.24) is 0 Å². The molecule has 1 aliphatic rings. The molecule has 3 heteroatoms. The van der Waals surface area contributed by atoms with Gasteiger partial charge in [0, 0.05) is 10.9 Å². The average molecular weight is 253 g/mol. The van der Waals surface area contributed by atoms with E-state index in [9.17, 15) is 4.79 Å². The van der Waals surface area contributed by atoms with E-state index in [2.05, 4.69) is 0 Å². The minimum atomic E-state index is 0.172. The third-order valence-corrected chi connectivity index (χ3v) is 3.47. The SMILES string of the molecule is O=C(COc1cccc(Cl)c1)C1CCCCC1. The van der Waals surface area contributed by atoms with Crippen LogP contribution >= 0.6 is 11.6 Å². The molecule has 2 rings (SSSR count). The predicted molar refractivity (Wildman–Crippen MR) is 68.5 cm³/mol. The molecule has 1 fully saturated rings. The Morgan fingerprint density at radius 3 is 2.76 bits per heavy atom. The van der Waals surface area contributed by atoms with Crippen LogP contribution in [0.1, 0.15) is 32.1 Å². The van der Waals surface area contributed by atoms with Crippen LogP contribution in [-0.2, 0) is 4.79 Å². The highest BCUT2D eigenvalue weighted by Gasteiger charge is 2.21. The van der Waals surface area contributed by atoms with Crippen LogP contribution in [0.3, 0.4) is 0 Å². The lowest BCUT2D eigenvalue weighted by molar-refractivity contribution is -0.125. The smallest absolute Gasteiger partial charge is 0.173 e. The zero-order valence-electron chi connectivity index (χ0n) is 9.82. The van der Waals surface area contributed by atoms with E-state index in [0.717, 1.165) is 12.8 Å². The Kier molecular flexibility index (Phi) is 4.43. The molecule has 17 heavy (non-hydrogen) atoms. The first kappa shape index (κ1) is 12.4. The van der Waals surface area contributed by atoms with Crippen LogP contribution in [0, 0.1) is 5.92 Å². The standard InChI is InChI=1S/C14H17ClO2/c15-12-7-4-8-13(9-12)17-10-14(16)11-5-2-1-3-6-11/h4,7-9,11H,1-3,5-6,10H2. The van der Waals surface area contributed by atoms with Gasteiger partial charge in [0.15, 0.2) is 5.78 Å². The lowest BCUT2D eigenvalue weighted by atomic mass is 9.86. The summed E-state index contributed by atoms with van der Waals surface area (Å²) < 4.78 is 5.47.